The summed E-state index contributed by atoms with van der Waals surface area (Å²) in [5.41, 5.74) is 2.11. The van der Waals surface area contributed by atoms with Crippen LogP contribution in [0.2, 0.25) is 0 Å². The van der Waals surface area contributed by atoms with Crippen molar-refractivity contribution in [1.29, 1.82) is 0 Å². The van der Waals surface area contributed by atoms with E-state index >= 15 is 0 Å². The molecule has 0 amide bonds. The van der Waals surface area contributed by atoms with Crippen LogP contribution in [-0.2, 0) is 6.42 Å². The summed E-state index contributed by atoms with van der Waals surface area (Å²) in [4.78, 5) is 0. The number of benzene rings is 1. The lowest BCUT2D eigenvalue weighted by Gasteiger charge is -2.02. The summed E-state index contributed by atoms with van der Waals surface area (Å²) in [5, 5.41) is 3.12. The van der Waals surface area contributed by atoms with E-state index in [1.165, 1.54) is 11.6 Å². The van der Waals surface area contributed by atoms with Crippen LogP contribution >= 0.6 is 15.9 Å². The molecule has 2 rings (SSSR count). The zero-order chi connectivity index (χ0) is 7.84. The van der Waals surface area contributed by atoms with Crippen LogP contribution in [0.1, 0.15) is 5.56 Å². The monoisotopic (exact) mass is 215 g/mol. The lowest BCUT2D eigenvalue weighted by atomic mass is 10.2. The SMILES string of the molecule is Fc1ccc2c(c1Br)NCC2. The summed E-state index contributed by atoms with van der Waals surface area (Å²) in [5.74, 6) is -0.196. The summed E-state index contributed by atoms with van der Waals surface area (Å²) in [6, 6.07) is 3.32. The highest BCUT2D eigenvalue weighted by Crippen LogP contribution is 2.32. The van der Waals surface area contributed by atoms with Gasteiger partial charge in [0.05, 0.1) is 10.2 Å². The van der Waals surface area contributed by atoms with Gasteiger partial charge in [-0.25, -0.2) is 4.39 Å². The van der Waals surface area contributed by atoms with E-state index in [1.54, 1.807) is 0 Å². The Labute approximate surface area is 72.7 Å². The molecule has 0 atom stereocenters. The molecule has 3 heteroatoms. The third kappa shape index (κ3) is 1.03. The van der Waals surface area contributed by atoms with E-state index in [9.17, 15) is 4.39 Å². The molecule has 0 radical (unpaired) electrons. The summed E-state index contributed by atoms with van der Waals surface area (Å²) >= 11 is 3.19. The summed E-state index contributed by atoms with van der Waals surface area (Å²) in [7, 11) is 0. The minimum Gasteiger partial charge on any atom is -0.383 e. The highest BCUT2D eigenvalue weighted by Gasteiger charge is 2.15. The quantitative estimate of drug-likeness (QED) is 0.702. The molecule has 0 saturated heterocycles. The van der Waals surface area contributed by atoms with E-state index < -0.39 is 0 Å². The van der Waals surface area contributed by atoms with Gasteiger partial charge in [0.25, 0.3) is 0 Å². The molecule has 0 unspecified atom stereocenters. The smallest absolute Gasteiger partial charge is 0.139 e. The van der Waals surface area contributed by atoms with E-state index in [0.717, 1.165) is 18.7 Å². The Morgan fingerprint density at radius 2 is 2.27 bits per heavy atom. The number of hydrogen-bond acceptors (Lipinski definition) is 1. The molecular weight excluding hydrogens is 209 g/mol. The maximum atomic E-state index is 12.9. The number of fused-ring (bicyclic) bond motifs is 1. The second kappa shape index (κ2) is 2.48. The molecule has 1 heterocycles. The van der Waals surface area contributed by atoms with Gasteiger partial charge in [-0.1, -0.05) is 6.07 Å². The van der Waals surface area contributed by atoms with Gasteiger partial charge in [-0.2, -0.15) is 0 Å². The van der Waals surface area contributed by atoms with Gasteiger partial charge < -0.3 is 5.32 Å². The lowest BCUT2D eigenvalue weighted by molar-refractivity contribution is 0.621. The second-order valence-corrected chi connectivity index (χ2v) is 3.37. The largest absolute Gasteiger partial charge is 0.383 e. The summed E-state index contributed by atoms with van der Waals surface area (Å²) in [6.07, 6.45) is 0.994. The highest BCUT2D eigenvalue weighted by molar-refractivity contribution is 9.10. The van der Waals surface area contributed by atoms with E-state index in [-0.39, 0.29) is 5.82 Å². The first kappa shape index (κ1) is 7.10. The van der Waals surface area contributed by atoms with Gasteiger partial charge in [-0.05, 0) is 34.0 Å². The Balaban J connectivity index is 2.62. The van der Waals surface area contributed by atoms with Crippen molar-refractivity contribution in [3.05, 3.63) is 28.0 Å². The van der Waals surface area contributed by atoms with E-state index in [4.69, 9.17) is 0 Å². The van der Waals surface area contributed by atoms with Crippen LogP contribution in [0.25, 0.3) is 0 Å². The molecule has 0 fully saturated rings. The topological polar surface area (TPSA) is 12.0 Å². The molecule has 0 saturated carbocycles. The van der Waals surface area contributed by atoms with Crippen LogP contribution in [-0.4, -0.2) is 6.54 Å². The maximum Gasteiger partial charge on any atom is 0.139 e. The minimum atomic E-state index is -0.196. The molecule has 1 nitrogen and oxygen atoms in total. The fraction of sp³-hybridized carbons (Fsp3) is 0.250. The second-order valence-electron chi connectivity index (χ2n) is 2.57. The van der Waals surface area contributed by atoms with Crippen LogP contribution in [0.15, 0.2) is 16.6 Å². The Morgan fingerprint density at radius 3 is 3.09 bits per heavy atom. The highest BCUT2D eigenvalue weighted by atomic mass is 79.9. The molecule has 0 aliphatic carbocycles. The molecule has 0 spiro atoms. The average Bonchev–Trinajstić information content (AvgIpc) is 2.45. The van der Waals surface area contributed by atoms with Gasteiger partial charge >= 0.3 is 0 Å². The molecule has 1 aliphatic heterocycles. The summed E-state index contributed by atoms with van der Waals surface area (Å²) in [6.45, 7) is 0.914. The fourth-order valence-electron chi connectivity index (χ4n) is 1.31. The van der Waals surface area contributed by atoms with Crippen LogP contribution in [0, 0.1) is 5.82 Å². The van der Waals surface area contributed by atoms with Gasteiger partial charge in [0.1, 0.15) is 5.82 Å². The van der Waals surface area contributed by atoms with Crippen LogP contribution in [0.4, 0.5) is 10.1 Å². The third-order valence-corrected chi connectivity index (χ3v) is 2.65. The van der Waals surface area contributed by atoms with Crippen LogP contribution in [0.3, 0.4) is 0 Å². The molecule has 0 bridgehead atoms. The lowest BCUT2D eigenvalue weighted by Crippen LogP contribution is -1.92. The van der Waals surface area contributed by atoms with E-state index in [0.29, 0.717) is 4.47 Å². The van der Waals surface area contributed by atoms with Crippen molar-refractivity contribution in [3.63, 3.8) is 0 Å². The number of rotatable bonds is 0. The molecule has 1 aliphatic rings. The zero-order valence-electron chi connectivity index (χ0n) is 5.82. The van der Waals surface area contributed by atoms with Crippen LogP contribution < -0.4 is 5.32 Å². The molecule has 0 aromatic heterocycles. The van der Waals surface area contributed by atoms with Crippen molar-refractivity contribution >= 4 is 21.6 Å². The molecule has 1 aromatic carbocycles. The predicted octanol–water partition coefficient (Wildman–Crippen LogP) is 2.56. The first-order valence-electron chi connectivity index (χ1n) is 3.50. The van der Waals surface area contributed by atoms with Gasteiger partial charge in [0.15, 0.2) is 0 Å². The van der Waals surface area contributed by atoms with Gasteiger partial charge in [0, 0.05) is 6.54 Å². The van der Waals surface area contributed by atoms with Gasteiger partial charge in [0.2, 0.25) is 0 Å². The molecular formula is C8H7BrFN. The number of halogens is 2. The minimum absolute atomic E-state index is 0.196. The normalized spacial score (nSPS) is 14.4. The zero-order valence-corrected chi connectivity index (χ0v) is 7.41. The molecule has 11 heavy (non-hydrogen) atoms. The van der Waals surface area contributed by atoms with Crippen molar-refractivity contribution < 1.29 is 4.39 Å². The first-order chi connectivity index (χ1) is 5.29. The van der Waals surface area contributed by atoms with E-state index in [2.05, 4.69) is 21.2 Å². The van der Waals surface area contributed by atoms with Crippen molar-refractivity contribution in [3.8, 4) is 0 Å². The van der Waals surface area contributed by atoms with E-state index in [1.807, 2.05) is 6.07 Å². The summed E-state index contributed by atoms with van der Waals surface area (Å²) < 4.78 is 13.4. The molecule has 58 valence electrons. The predicted molar refractivity (Wildman–Crippen MR) is 46.3 cm³/mol. The Kier molecular flexibility index (Phi) is 1.60. The van der Waals surface area contributed by atoms with Crippen molar-refractivity contribution in [2.24, 2.45) is 0 Å². The Morgan fingerprint density at radius 1 is 1.45 bits per heavy atom. The van der Waals surface area contributed by atoms with Crippen molar-refractivity contribution in [2.75, 3.05) is 11.9 Å². The average molecular weight is 216 g/mol. The van der Waals surface area contributed by atoms with Gasteiger partial charge in [-0.15, -0.1) is 0 Å². The first-order valence-corrected chi connectivity index (χ1v) is 4.29. The van der Waals surface area contributed by atoms with Gasteiger partial charge in [-0.3, -0.25) is 0 Å². The number of anilines is 1. The standard InChI is InChI=1S/C8H7BrFN/c9-7-6(10)2-1-5-3-4-11-8(5)7/h1-2,11H,3-4H2. The maximum absolute atomic E-state index is 12.9. The fourth-order valence-corrected chi connectivity index (χ4v) is 1.84. The number of hydrogen-bond donors (Lipinski definition) is 1. The van der Waals surface area contributed by atoms with Crippen molar-refractivity contribution in [1.82, 2.24) is 0 Å². The van der Waals surface area contributed by atoms with Crippen molar-refractivity contribution in [2.45, 2.75) is 6.42 Å². The Bertz CT molecular complexity index is 298. The third-order valence-electron chi connectivity index (χ3n) is 1.88. The molecule has 1 N–H and O–H groups in total. The molecule has 1 aromatic rings. The Hall–Kier alpha value is -0.570. The van der Waals surface area contributed by atoms with Crippen LogP contribution in [0.5, 0.6) is 0 Å². The number of nitrogens with one attached hydrogen (secondary N) is 1.